The van der Waals surface area contributed by atoms with E-state index in [0.717, 1.165) is 29.3 Å². The number of nitrogens with zero attached hydrogens (tertiary/aromatic N) is 3. The topological polar surface area (TPSA) is 105 Å². The molecule has 8 rings (SSSR count). The molecule has 1 aliphatic carbocycles. The number of pyridine rings is 1. The van der Waals surface area contributed by atoms with E-state index < -0.39 is 17.6 Å². The van der Waals surface area contributed by atoms with Crippen molar-refractivity contribution in [2.45, 2.75) is 69.5 Å². The van der Waals surface area contributed by atoms with Crippen LogP contribution in [0.1, 0.15) is 71.5 Å². The van der Waals surface area contributed by atoms with E-state index in [2.05, 4.69) is 22.1 Å². The monoisotopic (exact) mass is 597 g/mol. The Kier molecular flexibility index (Phi) is 6.46. The summed E-state index contributed by atoms with van der Waals surface area (Å²) in [5.41, 5.74) is 4.40. The minimum atomic E-state index is -1.18. The summed E-state index contributed by atoms with van der Waals surface area (Å²) in [5, 5.41) is 9.49. The summed E-state index contributed by atoms with van der Waals surface area (Å²) in [6.07, 6.45) is 8.27. The summed E-state index contributed by atoms with van der Waals surface area (Å²) in [6, 6.07) is 12.5. The van der Waals surface area contributed by atoms with E-state index in [-0.39, 0.29) is 23.3 Å². The number of imidazole rings is 1. The zero-order valence-corrected chi connectivity index (χ0v) is 24.3. The SMILES string of the molecule is C[C@@]1(c2ccc(C3CC3)cn2)Oc2cccc(C3=CC[C@H](Cc4nc5c(F)cc(C(=O)O)cc5n4C[C@@H]4CCO4)OC3)c2O1. The third-order valence-electron chi connectivity index (χ3n) is 9.05. The van der Waals surface area contributed by atoms with Gasteiger partial charge in [0.1, 0.15) is 17.0 Å². The Balaban J connectivity index is 1.02. The van der Waals surface area contributed by atoms with Gasteiger partial charge in [0.2, 0.25) is 0 Å². The molecule has 0 amide bonds. The maximum atomic E-state index is 14.9. The Hall–Kier alpha value is -4.28. The highest BCUT2D eigenvalue weighted by molar-refractivity contribution is 5.92. The summed E-state index contributed by atoms with van der Waals surface area (Å²) < 4.78 is 41.6. The third kappa shape index (κ3) is 4.82. The van der Waals surface area contributed by atoms with Crippen molar-refractivity contribution in [2.75, 3.05) is 13.2 Å². The molecule has 5 heterocycles. The largest absolute Gasteiger partial charge is 0.478 e. The van der Waals surface area contributed by atoms with Crippen LogP contribution in [0, 0.1) is 5.82 Å². The minimum absolute atomic E-state index is 0.0131. The molecule has 0 bridgehead atoms. The lowest BCUT2D eigenvalue weighted by Gasteiger charge is -2.28. The maximum absolute atomic E-state index is 14.9. The number of carboxylic acid groups (broad SMARTS) is 1. The predicted octanol–water partition coefficient (Wildman–Crippen LogP) is 5.99. The number of hydrogen-bond acceptors (Lipinski definition) is 7. The first-order valence-electron chi connectivity index (χ1n) is 15.2. The Morgan fingerprint density at radius 3 is 2.66 bits per heavy atom. The summed E-state index contributed by atoms with van der Waals surface area (Å²) in [4.78, 5) is 20.9. The van der Waals surface area contributed by atoms with Gasteiger partial charge in [-0.25, -0.2) is 14.2 Å². The van der Waals surface area contributed by atoms with E-state index >= 15 is 0 Å². The zero-order valence-electron chi connectivity index (χ0n) is 24.3. The van der Waals surface area contributed by atoms with Crippen LogP contribution in [-0.4, -0.2) is 51.0 Å². The van der Waals surface area contributed by atoms with E-state index in [1.807, 2.05) is 42.0 Å². The molecule has 0 spiro atoms. The van der Waals surface area contributed by atoms with Crippen LogP contribution in [0.25, 0.3) is 16.6 Å². The van der Waals surface area contributed by atoms with Crippen molar-refractivity contribution in [2.24, 2.45) is 0 Å². The average Bonchev–Trinajstić information content (AvgIpc) is 3.70. The Morgan fingerprint density at radius 2 is 1.98 bits per heavy atom. The third-order valence-corrected chi connectivity index (χ3v) is 9.05. The number of ether oxygens (including phenoxy) is 4. The number of aromatic carboxylic acids is 1. The highest BCUT2D eigenvalue weighted by atomic mass is 19.1. The van der Waals surface area contributed by atoms with Gasteiger partial charge in [0.25, 0.3) is 5.79 Å². The molecule has 4 aromatic rings. The molecule has 2 aromatic heterocycles. The van der Waals surface area contributed by atoms with Crippen LogP contribution < -0.4 is 9.47 Å². The lowest BCUT2D eigenvalue weighted by atomic mass is 9.99. The molecule has 3 atom stereocenters. The Labute approximate surface area is 253 Å². The van der Waals surface area contributed by atoms with Gasteiger partial charge in [-0.15, -0.1) is 0 Å². The molecule has 2 aromatic carbocycles. The molecule has 1 N–H and O–H groups in total. The van der Waals surface area contributed by atoms with E-state index in [0.29, 0.717) is 61.4 Å². The van der Waals surface area contributed by atoms with Gasteiger partial charge < -0.3 is 28.6 Å². The molecule has 2 fully saturated rings. The molecule has 10 heteroatoms. The van der Waals surface area contributed by atoms with Gasteiger partial charge >= 0.3 is 5.97 Å². The van der Waals surface area contributed by atoms with Crippen LogP contribution in [0.15, 0.2) is 54.7 Å². The molecule has 9 nitrogen and oxygen atoms in total. The van der Waals surface area contributed by atoms with Crippen molar-refractivity contribution >= 4 is 22.6 Å². The summed E-state index contributed by atoms with van der Waals surface area (Å²) in [5.74, 6) is -0.257. The molecule has 0 unspecified atom stereocenters. The number of rotatable bonds is 8. The van der Waals surface area contributed by atoms with Gasteiger partial charge in [-0.2, -0.15) is 0 Å². The first-order chi connectivity index (χ1) is 21.3. The van der Waals surface area contributed by atoms with Gasteiger partial charge in [-0.1, -0.05) is 24.3 Å². The van der Waals surface area contributed by atoms with Crippen LogP contribution in [0.3, 0.4) is 0 Å². The summed E-state index contributed by atoms with van der Waals surface area (Å²) >= 11 is 0. The number of carbonyl (C=O) groups is 1. The second kappa shape index (κ2) is 10.4. The Morgan fingerprint density at radius 1 is 1.11 bits per heavy atom. The predicted molar refractivity (Wildman–Crippen MR) is 158 cm³/mol. The van der Waals surface area contributed by atoms with E-state index in [9.17, 15) is 14.3 Å². The molecular weight excluding hydrogens is 565 g/mol. The fraction of sp³-hybridized carbons (Fsp3) is 0.382. The van der Waals surface area contributed by atoms with Crippen molar-refractivity contribution in [1.29, 1.82) is 0 Å². The van der Waals surface area contributed by atoms with Crippen molar-refractivity contribution in [3.8, 4) is 11.5 Å². The molecule has 4 aliphatic rings. The number of aromatic nitrogens is 3. The lowest BCUT2D eigenvalue weighted by molar-refractivity contribution is -0.0719. The van der Waals surface area contributed by atoms with Gasteiger partial charge in [-0.3, -0.25) is 4.98 Å². The Bertz CT molecular complexity index is 1810. The van der Waals surface area contributed by atoms with Crippen LogP contribution in [-0.2, 0) is 28.2 Å². The van der Waals surface area contributed by atoms with E-state index in [1.54, 1.807) is 0 Å². The normalized spacial score (nSPS) is 24.3. The van der Waals surface area contributed by atoms with E-state index in [4.69, 9.17) is 18.9 Å². The van der Waals surface area contributed by atoms with E-state index in [1.165, 1.54) is 24.5 Å². The highest BCUT2D eigenvalue weighted by Gasteiger charge is 2.42. The van der Waals surface area contributed by atoms with Crippen molar-refractivity contribution in [3.05, 3.63) is 88.8 Å². The summed E-state index contributed by atoms with van der Waals surface area (Å²) in [7, 11) is 0. The molecular formula is C34H32FN3O6. The average molecular weight is 598 g/mol. The van der Waals surface area contributed by atoms with Crippen molar-refractivity contribution in [1.82, 2.24) is 14.5 Å². The molecule has 3 aliphatic heterocycles. The quantitative estimate of drug-likeness (QED) is 0.264. The number of para-hydroxylation sites is 1. The fourth-order valence-corrected chi connectivity index (χ4v) is 6.30. The number of hydrogen-bond donors (Lipinski definition) is 1. The van der Waals surface area contributed by atoms with Gasteiger partial charge in [0.15, 0.2) is 17.3 Å². The van der Waals surface area contributed by atoms with Gasteiger partial charge in [-0.05, 0) is 67.0 Å². The van der Waals surface area contributed by atoms with Gasteiger partial charge in [0, 0.05) is 31.7 Å². The smallest absolute Gasteiger partial charge is 0.335 e. The van der Waals surface area contributed by atoms with Crippen LogP contribution in [0.4, 0.5) is 4.39 Å². The van der Waals surface area contributed by atoms with Crippen LogP contribution >= 0.6 is 0 Å². The molecule has 0 radical (unpaired) electrons. The zero-order chi connectivity index (χ0) is 30.0. The molecule has 1 saturated carbocycles. The number of halogens is 1. The standard InChI is InChI=1S/C34H32FN3O6/c1-34(29-10-8-20(16-36-29)19-5-6-19)43-28-4-2-3-25(32(28)44-34)21-7-9-23(42-18-21)15-30-37-31-26(35)13-22(33(39)40)14-27(31)38(30)17-24-11-12-41-24/h2-4,7-8,10,13-14,16,19,23-24H,5-6,9,11-12,15,17-18H2,1H3,(H,39,40)/t23-,24+,34-/m1/s1. The van der Waals surface area contributed by atoms with Crippen molar-refractivity contribution < 1.29 is 33.2 Å². The molecule has 44 heavy (non-hydrogen) atoms. The number of fused-ring (bicyclic) bond motifs is 2. The first kappa shape index (κ1) is 27.3. The second-order valence-corrected chi connectivity index (χ2v) is 12.2. The van der Waals surface area contributed by atoms with Crippen LogP contribution in [0.5, 0.6) is 11.5 Å². The van der Waals surface area contributed by atoms with Crippen LogP contribution in [0.2, 0.25) is 0 Å². The lowest BCUT2D eigenvalue weighted by Crippen LogP contribution is -2.32. The van der Waals surface area contributed by atoms with Gasteiger partial charge in [0.05, 0.1) is 36.4 Å². The number of carboxylic acids is 1. The summed E-state index contributed by atoms with van der Waals surface area (Å²) in [6.45, 7) is 3.41. The number of benzene rings is 2. The van der Waals surface area contributed by atoms with Crippen molar-refractivity contribution in [3.63, 3.8) is 0 Å². The minimum Gasteiger partial charge on any atom is -0.478 e. The first-order valence-corrected chi connectivity index (χ1v) is 15.2. The maximum Gasteiger partial charge on any atom is 0.335 e. The molecule has 1 saturated heterocycles. The fourth-order valence-electron chi connectivity index (χ4n) is 6.30. The second-order valence-electron chi connectivity index (χ2n) is 12.2. The molecule has 226 valence electrons. The highest BCUT2D eigenvalue weighted by Crippen LogP contribution is 2.48.